The molecule has 0 atom stereocenters. The second kappa shape index (κ2) is 17.7. The van der Waals surface area contributed by atoms with Gasteiger partial charge < -0.3 is 8.98 Å². The summed E-state index contributed by atoms with van der Waals surface area (Å²) < 4.78 is 9.52. The lowest BCUT2D eigenvalue weighted by Gasteiger charge is -2.24. The second-order valence-electron chi connectivity index (χ2n) is 16.9. The van der Waals surface area contributed by atoms with Crippen molar-refractivity contribution in [3.63, 3.8) is 0 Å². The maximum atomic E-state index is 7.12. The number of hydrogen-bond donors (Lipinski definition) is 0. The molecule has 0 bridgehead atoms. The van der Waals surface area contributed by atoms with E-state index in [2.05, 4.69) is 252 Å². The minimum Gasteiger partial charge on any atom is -0.455 e. The molecule has 4 heterocycles. The van der Waals surface area contributed by atoms with E-state index in [1.165, 1.54) is 11.1 Å². The number of nitrogens with zero attached hydrogens (tertiary/aromatic N) is 4. The van der Waals surface area contributed by atoms with E-state index >= 15 is 0 Å². The molecule has 0 aliphatic heterocycles. The van der Waals surface area contributed by atoms with Crippen LogP contribution in [0.25, 0.3) is 72.4 Å². The van der Waals surface area contributed by atoms with Gasteiger partial charge in [-0.2, -0.15) is 0 Å². The van der Waals surface area contributed by atoms with Crippen molar-refractivity contribution in [2.75, 3.05) is 4.90 Å². The van der Waals surface area contributed by atoms with Crippen LogP contribution in [-0.4, -0.2) is 14.5 Å². The monoisotopic (exact) mass is 872 g/mol. The Labute approximate surface area is 395 Å². The van der Waals surface area contributed by atoms with Gasteiger partial charge in [-0.15, -0.1) is 0 Å². The molecule has 5 heteroatoms. The van der Waals surface area contributed by atoms with Crippen molar-refractivity contribution < 1.29 is 4.42 Å². The van der Waals surface area contributed by atoms with Gasteiger partial charge in [0.05, 0.1) is 22.8 Å². The number of rotatable bonds is 11. The highest BCUT2D eigenvalue weighted by Crippen LogP contribution is 2.48. The van der Waals surface area contributed by atoms with Crippen molar-refractivity contribution in [3.05, 3.63) is 278 Å². The molecule has 0 aliphatic rings. The lowest BCUT2D eigenvalue weighted by atomic mass is 9.88. The molecule has 12 rings (SSSR count). The third-order valence-electron chi connectivity index (χ3n) is 12.8. The molecular weight excluding hydrogens is 829 g/mol. The molecule has 0 amide bonds. The molecule has 5 nitrogen and oxygen atoms in total. The van der Waals surface area contributed by atoms with Crippen molar-refractivity contribution >= 4 is 39.1 Å². The molecule has 0 saturated carbocycles. The number of furan rings is 1. The van der Waals surface area contributed by atoms with Gasteiger partial charge >= 0.3 is 0 Å². The van der Waals surface area contributed by atoms with Crippen LogP contribution in [0.15, 0.2) is 266 Å². The Hall–Kier alpha value is -9.06. The Morgan fingerprint density at radius 3 is 1.44 bits per heavy atom. The number of hydrogen-bond acceptors (Lipinski definition) is 4. The molecule has 0 fully saturated rings. The van der Waals surface area contributed by atoms with Gasteiger partial charge in [0.15, 0.2) is 0 Å². The van der Waals surface area contributed by atoms with Crippen LogP contribution in [0.4, 0.5) is 17.2 Å². The highest BCUT2D eigenvalue weighted by atomic mass is 16.3. The van der Waals surface area contributed by atoms with E-state index in [0.29, 0.717) is 0 Å². The Balaban J connectivity index is 1.07. The topological polar surface area (TPSA) is 47.1 Å². The summed E-state index contributed by atoms with van der Waals surface area (Å²) in [4.78, 5) is 12.6. The largest absolute Gasteiger partial charge is 0.455 e. The van der Waals surface area contributed by atoms with Crippen molar-refractivity contribution in [1.29, 1.82) is 0 Å². The number of anilines is 3. The molecule has 322 valence electrons. The van der Waals surface area contributed by atoms with Gasteiger partial charge in [0.2, 0.25) is 0 Å². The summed E-state index contributed by atoms with van der Waals surface area (Å²) in [6, 6.07) is 87.1. The first-order chi connectivity index (χ1) is 33.8. The Bertz CT molecular complexity index is 3540. The summed E-state index contributed by atoms with van der Waals surface area (Å²) >= 11 is 0. The van der Waals surface area contributed by atoms with E-state index in [-0.39, 0.29) is 5.92 Å². The smallest absolute Gasteiger partial charge is 0.144 e. The second-order valence-corrected chi connectivity index (χ2v) is 16.9. The first kappa shape index (κ1) is 40.4. The van der Waals surface area contributed by atoms with Crippen molar-refractivity contribution in [1.82, 2.24) is 14.5 Å². The molecule has 8 aromatic carbocycles. The Morgan fingerprint density at radius 2 is 0.912 bits per heavy atom. The van der Waals surface area contributed by atoms with Crippen LogP contribution in [0.1, 0.15) is 22.7 Å². The van der Waals surface area contributed by atoms with Gasteiger partial charge in [-0.1, -0.05) is 176 Å². The zero-order valence-corrected chi connectivity index (χ0v) is 37.1. The van der Waals surface area contributed by atoms with Crippen molar-refractivity contribution in [2.45, 2.75) is 5.92 Å². The fourth-order valence-electron chi connectivity index (χ4n) is 9.75. The molecule has 0 radical (unpaired) electrons. The highest BCUT2D eigenvalue weighted by Gasteiger charge is 2.27. The van der Waals surface area contributed by atoms with Crippen LogP contribution in [0.5, 0.6) is 0 Å². The predicted octanol–water partition coefficient (Wildman–Crippen LogP) is 16.5. The van der Waals surface area contributed by atoms with E-state index in [1.807, 2.05) is 18.3 Å². The number of para-hydroxylation sites is 3. The molecule has 0 unspecified atom stereocenters. The minimum absolute atomic E-state index is 0.0180. The van der Waals surface area contributed by atoms with Crippen LogP contribution in [0, 0.1) is 0 Å². The average molecular weight is 873 g/mol. The molecule has 0 spiro atoms. The third-order valence-corrected chi connectivity index (χ3v) is 12.8. The molecule has 4 aromatic heterocycles. The van der Waals surface area contributed by atoms with E-state index < -0.39 is 0 Å². The summed E-state index contributed by atoms with van der Waals surface area (Å²) in [7, 11) is 0. The van der Waals surface area contributed by atoms with Gasteiger partial charge in [0.25, 0.3) is 0 Å². The fraction of sp³-hybridized carbons (Fsp3) is 0.0159. The summed E-state index contributed by atoms with van der Waals surface area (Å²) in [5.41, 5.74) is 15.6. The van der Waals surface area contributed by atoms with Gasteiger partial charge in [-0.25, -0.2) is 4.98 Å². The van der Waals surface area contributed by atoms with Gasteiger partial charge in [0.1, 0.15) is 17.2 Å². The van der Waals surface area contributed by atoms with Gasteiger partial charge in [-0.3, -0.25) is 9.88 Å². The van der Waals surface area contributed by atoms with Crippen molar-refractivity contribution in [3.8, 4) is 50.5 Å². The van der Waals surface area contributed by atoms with E-state index in [1.54, 1.807) is 0 Å². The first-order valence-electron chi connectivity index (χ1n) is 23.0. The summed E-state index contributed by atoms with van der Waals surface area (Å²) in [6.45, 7) is 0. The summed E-state index contributed by atoms with van der Waals surface area (Å²) in [5.74, 6) is 1.56. The molecule has 0 N–H and O–H groups in total. The number of aromatic nitrogens is 3. The summed E-state index contributed by atoms with van der Waals surface area (Å²) in [5, 5.41) is 2.09. The lowest BCUT2D eigenvalue weighted by Crippen LogP contribution is -2.11. The van der Waals surface area contributed by atoms with Crippen LogP contribution >= 0.6 is 0 Å². The van der Waals surface area contributed by atoms with Crippen molar-refractivity contribution in [2.24, 2.45) is 0 Å². The highest BCUT2D eigenvalue weighted by molar-refractivity contribution is 6.13. The maximum Gasteiger partial charge on any atom is 0.144 e. The maximum absolute atomic E-state index is 7.12. The van der Waals surface area contributed by atoms with Crippen LogP contribution in [0.2, 0.25) is 0 Å². The Morgan fingerprint density at radius 1 is 0.412 bits per heavy atom. The number of pyridine rings is 2. The van der Waals surface area contributed by atoms with Gasteiger partial charge in [0, 0.05) is 62.5 Å². The van der Waals surface area contributed by atoms with E-state index in [4.69, 9.17) is 14.4 Å². The van der Waals surface area contributed by atoms with Crippen LogP contribution in [0.3, 0.4) is 0 Å². The zero-order chi connectivity index (χ0) is 45.2. The van der Waals surface area contributed by atoms with E-state index in [0.717, 1.165) is 95.3 Å². The average Bonchev–Trinajstić information content (AvgIpc) is 3.96. The SMILES string of the molecule is c1ccc(-c2c(-c3ccc(N(c4ccccc4)c4ccccc4)nc3)oc3cc4c(-c5ccccc5)c(-c5ccc(C(c6ccccc6)c6ccccc6)nc5)n(-c5ccccc5)c4cc23)cc1. The molecular formula is C63H44N4O. The molecule has 68 heavy (non-hydrogen) atoms. The first-order valence-corrected chi connectivity index (χ1v) is 23.0. The lowest BCUT2D eigenvalue weighted by molar-refractivity contribution is 0.632. The van der Waals surface area contributed by atoms with Crippen LogP contribution in [-0.2, 0) is 0 Å². The molecule has 0 aliphatic carbocycles. The Kier molecular flexibility index (Phi) is 10.5. The third kappa shape index (κ3) is 7.42. The zero-order valence-electron chi connectivity index (χ0n) is 37.1. The predicted molar refractivity (Wildman–Crippen MR) is 279 cm³/mol. The fourth-order valence-corrected chi connectivity index (χ4v) is 9.75. The van der Waals surface area contributed by atoms with E-state index in [9.17, 15) is 0 Å². The normalized spacial score (nSPS) is 11.4. The molecule has 12 aromatic rings. The number of benzene rings is 8. The quantitative estimate of drug-likeness (QED) is 0.130. The van der Waals surface area contributed by atoms with Gasteiger partial charge in [-0.05, 0) is 95.1 Å². The van der Waals surface area contributed by atoms with Crippen LogP contribution < -0.4 is 4.90 Å². The minimum atomic E-state index is -0.0180. The number of fused-ring (bicyclic) bond motifs is 2. The summed E-state index contributed by atoms with van der Waals surface area (Å²) in [6.07, 6.45) is 3.99. The standard InChI is InChI=1S/C63H44N4O/c1-8-22-44(23-9-1)59(45-24-10-2-11-25-45)55-38-36-48(42-64-55)62-60(46-26-12-3-13-27-46)53-41-57-54(40-56(53)67(62)52-34-20-7-21-35-52)61(47-28-14-4-15-29-47)63(68-57)49-37-39-58(65-43-49)66(50-30-16-5-17-31-50)51-32-18-6-19-33-51/h1-43,59H. The molecule has 0 saturated heterocycles.